The van der Waals surface area contributed by atoms with Crippen LogP contribution in [0.15, 0.2) is 58.0 Å². The number of hydrogen-bond donors (Lipinski definition) is 6. The van der Waals surface area contributed by atoms with Crippen LogP contribution in [-0.4, -0.2) is 319 Å². The van der Waals surface area contributed by atoms with Gasteiger partial charge in [-0.25, -0.2) is 48.5 Å². The van der Waals surface area contributed by atoms with Crippen molar-refractivity contribution in [1.82, 2.24) is 58.3 Å². The topological polar surface area (TPSA) is 564 Å². The summed E-state index contributed by atoms with van der Waals surface area (Å²) in [7, 11) is 0. The van der Waals surface area contributed by atoms with Gasteiger partial charge in [0.1, 0.15) is 47.2 Å². The first-order chi connectivity index (χ1) is 69.6. The van der Waals surface area contributed by atoms with Gasteiger partial charge in [-0.1, -0.05) is 11.6 Å². The number of nitrogens with two attached hydrogens (primary N) is 4. The van der Waals surface area contributed by atoms with E-state index in [9.17, 15) is 53.7 Å². The van der Waals surface area contributed by atoms with E-state index in [0.29, 0.717) is 187 Å². The van der Waals surface area contributed by atoms with Crippen LogP contribution in [0.5, 0.6) is 0 Å². The number of Topliss-reactive ketones (excluding diaryl/α,β-unsaturated/α-hetero) is 2. The van der Waals surface area contributed by atoms with E-state index in [1.54, 1.807) is 67.6 Å². The summed E-state index contributed by atoms with van der Waals surface area (Å²) in [5.41, 5.74) is 23.1. The predicted molar refractivity (Wildman–Crippen MR) is 563 cm³/mol. The quantitative estimate of drug-likeness (QED) is 0.0101. The molecular formula is C100H162Cl3N23O21. The highest BCUT2D eigenvalue weighted by molar-refractivity contribution is 6.61. The number of nitriles is 4. The van der Waals surface area contributed by atoms with Crippen LogP contribution in [0.4, 0.5) is 56.8 Å². The molecule has 0 unspecified atom stereocenters. The summed E-state index contributed by atoms with van der Waals surface area (Å²) in [6, 6.07) is 14.8. The highest BCUT2D eigenvalue weighted by atomic mass is 35.5. The molecule has 4 aromatic heterocycles. The monoisotopic (exact) mass is 2130 g/mol. The van der Waals surface area contributed by atoms with E-state index in [-0.39, 0.29) is 134 Å². The fraction of sp³-hybridized carbons (Fsp3) is 0.680. The number of hydrogen-bond acceptors (Lipinski definition) is 32. The Morgan fingerprint density at radius 2 is 0.735 bits per heavy atom. The second kappa shape index (κ2) is 73.4. The van der Waals surface area contributed by atoms with Gasteiger partial charge in [0.15, 0.2) is 36.4 Å². The second-order valence-electron chi connectivity index (χ2n) is 36.0. The van der Waals surface area contributed by atoms with Crippen LogP contribution >= 0.6 is 35.6 Å². The van der Waals surface area contributed by atoms with Crippen LogP contribution in [0.25, 0.3) is 0 Å². The van der Waals surface area contributed by atoms with Gasteiger partial charge in [0, 0.05) is 223 Å². The van der Waals surface area contributed by atoms with Gasteiger partial charge < -0.3 is 138 Å². The van der Waals surface area contributed by atoms with E-state index >= 15 is 0 Å². The van der Waals surface area contributed by atoms with Gasteiger partial charge in [-0.3, -0.25) is 9.59 Å². The SMILES string of the molecule is CC(C)OC(=O)Cl.CC(C)OC(=O)N1CCC(=O)CC1.CC(C)OC(=O)N1CCC(n2cc(Cl)c(C#N)c2N=CN)CC1.CC(C)OC(=O)N1CCC(n2ccc(C#N)c2N)CC1.CC(C)OC(=O)N1CCC(n2ccc(C#N)c2N=CN)CC1.CCOC(CN)OCC.CCOC(CNC1CCN(C(=O)OC(C)C)CC1)OCC.CCOC=Nc1c(C#N)ccn1C1CCN(C(=O)OC(C)C)CC1.Cl.O=C1CCNCC1. The van der Waals surface area contributed by atoms with Crippen molar-refractivity contribution in [2.45, 2.75) is 307 Å². The smallest absolute Gasteiger partial charge is 0.410 e. The average molecular weight is 2130 g/mol. The molecule has 7 aliphatic heterocycles. The van der Waals surface area contributed by atoms with Gasteiger partial charge in [-0.15, -0.1) is 12.4 Å². The van der Waals surface area contributed by atoms with Crippen molar-refractivity contribution in [2.24, 2.45) is 32.2 Å². The second-order valence-corrected chi connectivity index (χ2v) is 36.7. The normalized spacial score (nSPS) is 15.8. The minimum Gasteiger partial charge on any atom is -0.483 e. The summed E-state index contributed by atoms with van der Waals surface area (Å²) in [6.07, 6.45) is 18.8. The zero-order valence-corrected chi connectivity index (χ0v) is 91.6. The first kappa shape index (κ1) is 131. The molecule has 11 heterocycles. The van der Waals surface area contributed by atoms with Gasteiger partial charge in [0.2, 0.25) is 0 Å². The number of aromatic nitrogens is 4. The number of rotatable bonds is 28. The number of ketones is 2. The number of carbonyl (C=O) groups is 9. The lowest BCUT2D eigenvalue weighted by molar-refractivity contribution is -0.134. The third-order valence-corrected chi connectivity index (χ3v) is 22.8. The summed E-state index contributed by atoms with van der Waals surface area (Å²) in [5.74, 6) is 2.79. The lowest BCUT2D eigenvalue weighted by Gasteiger charge is -2.33. The Morgan fingerprint density at radius 3 is 1.03 bits per heavy atom. The zero-order chi connectivity index (χ0) is 109. The first-order valence-electron chi connectivity index (χ1n) is 50.4. The number of ether oxygens (including phenoxy) is 12. The standard InChI is InChI=1S/C17H24N4O3.C15H20ClN5O2.C15H21N5O2.C15H30N2O4.C14H20N4O2.C9H15NO3.C6H15NO2.C5H9NO.C4H7ClO2.ClH/c1-4-23-12-19-16-14(11-18)5-10-21(16)15-6-8-20(9-7-15)17(22)24-13(2)3;1-10(2)23-15(22)20-5-3-11(4-6-20)21-8-13(16)12(7-17)14(21)19-9-18;1-11(2)22-15(21)19-6-4-13(5-7-19)20-8-3-12(9-16)14(20)18-10-17;1-5-19-14(20-6-2)11-16-13-7-9-17(10-8-13)15(18)21-12(3)4;1-10(2)20-14(19)17-6-4-12(5-7-17)18-8-3-11(9-15)13(18)16;1-7(2)13-9(12)10-5-3-8(11)4-6-10;1-3-8-6(5-7)9-4-2;7-5-1-3-6-4-2-5;1-3(2)7-4(5)6;/h5,10,12-13,15H,4,6-9H2,1-3H3;8-11H,3-6H2,1-2H3,(H2,18,19);3,8,10-11,13H,4-7H2,1-2H3,(H2,17,18);12-14,16H,5-11H2,1-4H3;3,8,10,12H,4-7,16H2,1-2H3;7H,3-6H2,1-2H3;6H,3-5,7H2,1-2H3;6H,1-4H2;3H,1-2H3;1H. The highest BCUT2D eigenvalue weighted by Gasteiger charge is 2.34. The largest absolute Gasteiger partial charge is 0.483 e. The van der Waals surface area contributed by atoms with Crippen LogP contribution in [-0.2, 0) is 66.4 Å². The fourth-order valence-corrected chi connectivity index (χ4v) is 15.9. The molecule has 7 saturated heterocycles. The van der Waals surface area contributed by atoms with Gasteiger partial charge in [-0.05, 0) is 214 Å². The molecule has 0 spiro atoms. The predicted octanol–water partition coefficient (Wildman–Crippen LogP) is 16.0. The molecule has 11 rings (SSSR count). The molecular weight excluding hydrogens is 1970 g/mol. The minimum atomic E-state index is -0.741. The van der Waals surface area contributed by atoms with Crippen molar-refractivity contribution in [3.8, 4) is 24.3 Å². The number of nitrogens with zero attached hydrogens (tertiary/aromatic N) is 17. The number of aliphatic imine (C=N–C) groups is 3. The molecule has 147 heavy (non-hydrogen) atoms. The van der Waals surface area contributed by atoms with Crippen LogP contribution in [0.3, 0.4) is 0 Å². The lowest BCUT2D eigenvalue weighted by Crippen LogP contribution is -2.47. The molecule has 47 heteroatoms. The number of amides is 6. The maximum absolute atomic E-state index is 12.0. The third kappa shape index (κ3) is 49.8. The van der Waals surface area contributed by atoms with Crippen molar-refractivity contribution >= 4 is 132 Å². The van der Waals surface area contributed by atoms with Crippen molar-refractivity contribution in [3.05, 3.63) is 70.3 Å². The average Bonchev–Trinajstić information content (AvgIpc) is 1.70. The molecule has 44 nitrogen and oxygen atoms in total. The molecule has 4 aromatic rings. The van der Waals surface area contributed by atoms with E-state index in [1.807, 2.05) is 155 Å². The molecule has 0 atom stereocenters. The van der Waals surface area contributed by atoms with Crippen molar-refractivity contribution in [1.29, 1.82) is 21.0 Å². The van der Waals surface area contributed by atoms with Crippen molar-refractivity contribution in [3.63, 3.8) is 0 Å². The Kier molecular flexibility index (Phi) is 65.6. The molecule has 7 fully saturated rings. The molecule has 0 bridgehead atoms. The Balaban J connectivity index is 0.000000573. The van der Waals surface area contributed by atoms with E-state index in [1.165, 1.54) is 12.7 Å². The summed E-state index contributed by atoms with van der Waals surface area (Å²) >= 11 is 10.9. The number of likely N-dealkylation sites (tertiary alicyclic amines) is 6. The zero-order valence-electron chi connectivity index (χ0n) is 89.3. The minimum absolute atomic E-state index is 0. The van der Waals surface area contributed by atoms with Crippen LogP contribution < -0.4 is 33.6 Å². The third-order valence-electron chi connectivity index (χ3n) is 22.5. The Morgan fingerprint density at radius 1 is 0.429 bits per heavy atom. The first-order valence-corrected chi connectivity index (χ1v) is 51.2. The molecule has 7 aliphatic rings. The van der Waals surface area contributed by atoms with E-state index in [0.717, 1.165) is 110 Å². The number of carbonyl (C=O) groups excluding carboxylic acids is 9. The number of piperidine rings is 7. The lowest BCUT2D eigenvalue weighted by atomic mass is 10.1. The van der Waals surface area contributed by atoms with Crippen molar-refractivity contribution < 1.29 is 100.0 Å². The molecule has 824 valence electrons. The van der Waals surface area contributed by atoms with Gasteiger partial charge in [0.25, 0.3) is 0 Å². The number of anilines is 1. The number of halogens is 3. The van der Waals surface area contributed by atoms with E-state index < -0.39 is 5.43 Å². The summed E-state index contributed by atoms with van der Waals surface area (Å²) < 4.78 is 69.5. The van der Waals surface area contributed by atoms with Gasteiger partial charge in [0.05, 0.1) is 83.7 Å². The molecule has 0 aliphatic carbocycles. The van der Waals surface area contributed by atoms with Crippen molar-refractivity contribution in [2.75, 3.05) is 143 Å². The van der Waals surface area contributed by atoms with Gasteiger partial charge >= 0.3 is 42.0 Å². The molecule has 6 amide bonds. The number of nitrogen functional groups attached to an aromatic ring is 1. The van der Waals surface area contributed by atoms with Gasteiger partial charge in [-0.2, -0.15) is 21.0 Å². The molecule has 0 radical (unpaired) electrons. The molecule has 0 saturated carbocycles. The van der Waals surface area contributed by atoms with E-state index in [2.05, 4.69) is 54.6 Å². The summed E-state index contributed by atoms with van der Waals surface area (Å²) in [4.78, 5) is 124. The van der Waals surface area contributed by atoms with E-state index in [4.69, 9.17) is 109 Å². The highest BCUT2D eigenvalue weighted by Crippen LogP contribution is 2.37. The Labute approximate surface area is 883 Å². The Bertz CT molecular complexity index is 4770. The van der Waals surface area contributed by atoms with Crippen LogP contribution in [0.1, 0.15) is 268 Å². The maximum atomic E-state index is 12.0. The summed E-state index contributed by atoms with van der Waals surface area (Å²) in [5, 5.41) is 43.4. The fourth-order valence-electron chi connectivity index (χ4n) is 15.5. The van der Waals surface area contributed by atoms with Crippen LogP contribution in [0.2, 0.25) is 5.02 Å². The maximum Gasteiger partial charge on any atom is 0.410 e. The van der Waals surface area contributed by atoms with Crippen LogP contribution in [0, 0.1) is 45.3 Å². The Hall–Kier alpha value is -11.7. The molecule has 10 N–H and O–H groups in total. The molecule has 0 aromatic carbocycles. The summed E-state index contributed by atoms with van der Waals surface area (Å²) in [6.45, 7) is 48.6. The number of nitrogens with one attached hydrogen (secondary N) is 2.